The van der Waals surface area contributed by atoms with Gasteiger partial charge in [0.15, 0.2) is 5.82 Å². The van der Waals surface area contributed by atoms with Gasteiger partial charge in [0, 0.05) is 49.4 Å². The number of aromatic nitrogens is 4. The van der Waals surface area contributed by atoms with Gasteiger partial charge in [0.1, 0.15) is 0 Å². The number of nitrogens with zero attached hydrogens (tertiary/aromatic N) is 8. The largest absolute Gasteiger partial charge is 0.309 e. The van der Waals surface area contributed by atoms with Crippen LogP contribution in [0.1, 0.15) is 22.3 Å². The number of hydrogen-bond acceptors (Lipinski definition) is 6. The zero-order chi connectivity index (χ0) is 51.3. The summed E-state index contributed by atoms with van der Waals surface area (Å²) in [4.78, 5) is 10.9. The lowest BCUT2D eigenvalue weighted by Gasteiger charge is -2.21. The van der Waals surface area contributed by atoms with Crippen molar-refractivity contribution in [1.82, 2.24) is 19.1 Å². The fourth-order valence-corrected chi connectivity index (χ4v) is 10.9. The number of nitriles is 4. The van der Waals surface area contributed by atoms with Gasteiger partial charge < -0.3 is 9.13 Å². The Morgan fingerprint density at radius 2 is 0.750 bits per heavy atom. The summed E-state index contributed by atoms with van der Waals surface area (Å²) in [6, 6.07) is 86.3. The van der Waals surface area contributed by atoms with E-state index in [0.29, 0.717) is 39.2 Å². The van der Waals surface area contributed by atoms with Gasteiger partial charge in [-0.25, -0.2) is 9.97 Å². The maximum atomic E-state index is 10.4. The Kier molecular flexibility index (Phi) is 10.9. The van der Waals surface area contributed by atoms with Crippen LogP contribution in [0.2, 0.25) is 0 Å². The Hall–Kier alpha value is -11.2. The third-order valence-electron chi connectivity index (χ3n) is 14.3. The summed E-state index contributed by atoms with van der Waals surface area (Å²) in [7, 11) is 0. The second-order valence-corrected chi connectivity index (χ2v) is 18.5. The van der Waals surface area contributed by atoms with E-state index in [1.807, 2.05) is 60.7 Å². The van der Waals surface area contributed by atoms with Crippen LogP contribution < -0.4 is 0 Å². The Morgan fingerprint density at radius 3 is 1.28 bits per heavy atom. The van der Waals surface area contributed by atoms with Gasteiger partial charge in [-0.2, -0.15) is 21.0 Å². The van der Waals surface area contributed by atoms with E-state index >= 15 is 0 Å². The lowest BCUT2D eigenvalue weighted by molar-refractivity contribution is 1.15. The van der Waals surface area contributed by atoms with Gasteiger partial charge in [0.25, 0.3) is 0 Å². The van der Waals surface area contributed by atoms with Crippen molar-refractivity contribution in [3.63, 3.8) is 0 Å². The Bertz CT molecular complexity index is 4450. The SMILES string of the molecule is N#Cc1ccc(-c2ccc3c(c2)c2cc(-c4ccc(C#N)cc4C#N)ccc2n3-c2cccc(-c3nc(-c4ccccc4)cc(-c4ccccc4)n3)c2-c2ccccc2-n2c3ccccc3c3ccccc32)c(C#N)c1. The second kappa shape index (κ2) is 18.5. The van der Waals surface area contributed by atoms with Crippen LogP contribution in [0.4, 0.5) is 0 Å². The summed E-state index contributed by atoms with van der Waals surface area (Å²) in [5.41, 5.74) is 16.5. The maximum Gasteiger partial charge on any atom is 0.161 e. The highest BCUT2D eigenvalue weighted by Gasteiger charge is 2.26. The van der Waals surface area contributed by atoms with Gasteiger partial charge >= 0.3 is 0 Å². The van der Waals surface area contributed by atoms with Crippen molar-refractivity contribution in [2.45, 2.75) is 0 Å². The van der Waals surface area contributed by atoms with Gasteiger partial charge in [-0.3, -0.25) is 0 Å². The minimum absolute atomic E-state index is 0.392. The molecule has 13 rings (SSSR count). The van der Waals surface area contributed by atoms with Crippen LogP contribution in [0.15, 0.2) is 231 Å². The van der Waals surface area contributed by atoms with Crippen molar-refractivity contribution in [1.29, 1.82) is 21.0 Å². The van der Waals surface area contributed by atoms with Crippen LogP contribution in [0.5, 0.6) is 0 Å². The minimum Gasteiger partial charge on any atom is -0.309 e. The van der Waals surface area contributed by atoms with E-state index in [4.69, 9.17) is 9.97 Å². The highest BCUT2D eigenvalue weighted by molar-refractivity contribution is 6.14. The molecule has 3 aromatic heterocycles. The predicted molar refractivity (Wildman–Crippen MR) is 302 cm³/mol. The number of benzene rings is 10. The molecule has 0 bridgehead atoms. The predicted octanol–water partition coefficient (Wildman–Crippen LogP) is 16.2. The van der Waals surface area contributed by atoms with E-state index in [-0.39, 0.29) is 0 Å². The highest BCUT2D eigenvalue weighted by atomic mass is 15.0. The van der Waals surface area contributed by atoms with E-state index in [1.54, 1.807) is 24.3 Å². The summed E-state index contributed by atoms with van der Waals surface area (Å²) in [5, 5.41) is 44.4. The van der Waals surface area contributed by atoms with Gasteiger partial charge in [-0.15, -0.1) is 0 Å². The van der Waals surface area contributed by atoms with Gasteiger partial charge in [0.05, 0.1) is 91.4 Å². The van der Waals surface area contributed by atoms with Crippen molar-refractivity contribution in [2.24, 2.45) is 0 Å². The molecule has 76 heavy (non-hydrogen) atoms. The Balaban J connectivity index is 1.16. The molecule has 0 aliphatic heterocycles. The minimum atomic E-state index is 0.392. The van der Waals surface area contributed by atoms with E-state index in [2.05, 4.69) is 179 Å². The van der Waals surface area contributed by atoms with Gasteiger partial charge in [-0.1, -0.05) is 152 Å². The van der Waals surface area contributed by atoms with Crippen LogP contribution in [0, 0.1) is 45.3 Å². The summed E-state index contributed by atoms with van der Waals surface area (Å²) in [5.74, 6) is 0.550. The fourth-order valence-electron chi connectivity index (χ4n) is 10.9. The first-order valence-corrected chi connectivity index (χ1v) is 24.7. The molecule has 0 radical (unpaired) electrons. The topological polar surface area (TPSA) is 131 Å². The second-order valence-electron chi connectivity index (χ2n) is 18.5. The molecule has 0 N–H and O–H groups in total. The normalized spacial score (nSPS) is 11.1. The first-order chi connectivity index (χ1) is 37.5. The van der Waals surface area contributed by atoms with Crippen LogP contribution in [0.25, 0.3) is 122 Å². The molecule has 0 unspecified atom stereocenters. The molecule has 3 heterocycles. The molecular formula is C68H38N8. The molecule has 10 aromatic carbocycles. The van der Waals surface area contributed by atoms with Crippen molar-refractivity contribution in [3.05, 3.63) is 253 Å². The van der Waals surface area contributed by atoms with E-state index in [1.165, 1.54) is 0 Å². The molecule has 0 amide bonds. The smallest absolute Gasteiger partial charge is 0.161 e. The standard InChI is InChI=1S/C68H38N8/c69-39-43-26-30-51(49(34-43)41-71)47-28-32-64-57(36-47)58-37-48(52-31-27-44(40-70)35-50(52)42-72)29-33-65(58)76(64)66-25-13-21-56(68-73-59(45-14-3-1-4-15-45)38-60(74-68)46-16-5-2-6-17-46)67(66)55-20-9-12-24-63(55)75-61-22-10-7-18-53(61)54-19-8-11-23-62(54)75/h1-38H. The molecule has 0 saturated carbocycles. The lowest BCUT2D eigenvalue weighted by atomic mass is 9.94. The van der Waals surface area contributed by atoms with Crippen LogP contribution in [-0.4, -0.2) is 19.1 Å². The van der Waals surface area contributed by atoms with Crippen molar-refractivity contribution >= 4 is 43.6 Å². The average molecular weight is 967 g/mol. The third-order valence-corrected chi connectivity index (χ3v) is 14.3. The molecule has 13 aromatic rings. The Morgan fingerprint density at radius 1 is 0.303 bits per heavy atom. The van der Waals surface area contributed by atoms with Crippen LogP contribution in [0.3, 0.4) is 0 Å². The monoisotopic (exact) mass is 966 g/mol. The highest BCUT2D eigenvalue weighted by Crippen LogP contribution is 2.46. The molecule has 350 valence electrons. The van der Waals surface area contributed by atoms with Crippen molar-refractivity contribution < 1.29 is 0 Å². The zero-order valence-corrected chi connectivity index (χ0v) is 40.5. The summed E-state index contributed by atoms with van der Waals surface area (Å²) in [6.07, 6.45) is 0. The first kappa shape index (κ1) is 44.8. The molecule has 8 nitrogen and oxygen atoms in total. The first-order valence-electron chi connectivity index (χ1n) is 24.7. The summed E-state index contributed by atoms with van der Waals surface area (Å²) in [6.45, 7) is 0. The van der Waals surface area contributed by atoms with Gasteiger partial charge in [0.2, 0.25) is 0 Å². The zero-order valence-electron chi connectivity index (χ0n) is 40.5. The van der Waals surface area contributed by atoms with E-state index < -0.39 is 0 Å². The van der Waals surface area contributed by atoms with E-state index in [0.717, 1.165) is 105 Å². The number of para-hydroxylation sites is 3. The molecule has 0 spiro atoms. The molecular weight excluding hydrogens is 929 g/mol. The molecule has 0 saturated heterocycles. The third kappa shape index (κ3) is 7.43. The van der Waals surface area contributed by atoms with Gasteiger partial charge in [-0.05, 0) is 101 Å². The van der Waals surface area contributed by atoms with Crippen LogP contribution >= 0.6 is 0 Å². The Labute approximate surface area is 437 Å². The summed E-state index contributed by atoms with van der Waals surface area (Å²) >= 11 is 0. The average Bonchev–Trinajstić information content (AvgIpc) is 4.08. The lowest BCUT2D eigenvalue weighted by Crippen LogP contribution is -2.04. The maximum absolute atomic E-state index is 10.4. The van der Waals surface area contributed by atoms with Crippen LogP contribution in [-0.2, 0) is 0 Å². The number of fused-ring (bicyclic) bond motifs is 6. The molecule has 0 aliphatic rings. The molecule has 8 heteroatoms. The van der Waals surface area contributed by atoms with E-state index in [9.17, 15) is 21.0 Å². The quantitative estimate of drug-likeness (QED) is 0.149. The molecule has 0 atom stereocenters. The molecule has 0 aliphatic carbocycles. The fraction of sp³-hybridized carbons (Fsp3) is 0. The summed E-state index contributed by atoms with van der Waals surface area (Å²) < 4.78 is 4.66. The number of rotatable bonds is 8. The number of hydrogen-bond donors (Lipinski definition) is 0. The van der Waals surface area contributed by atoms with Crippen molar-refractivity contribution in [3.8, 4) is 103 Å². The molecule has 0 fully saturated rings. The van der Waals surface area contributed by atoms with Crippen molar-refractivity contribution in [2.75, 3.05) is 0 Å².